The molecule has 3 aromatic carbocycles. The van der Waals surface area contributed by atoms with Gasteiger partial charge in [-0.3, -0.25) is 4.79 Å². The van der Waals surface area contributed by atoms with E-state index in [4.69, 9.17) is 24.3 Å². The Balaban J connectivity index is 1.59. The van der Waals surface area contributed by atoms with E-state index in [1.807, 2.05) is 57.2 Å². The number of benzene rings is 3. The highest BCUT2D eigenvalue weighted by atomic mass is 19.1. The molecule has 0 saturated heterocycles. The number of phenolic OH excluding ortho intramolecular Hbond substituents is 1. The number of carbonyl (C=O) groups excluding carboxylic acids is 2. The minimum atomic E-state index is -1.15. The lowest BCUT2D eigenvalue weighted by Crippen LogP contribution is -2.30. The largest absolute Gasteiger partial charge is 0.507 e. The SMILES string of the molecule is COC(=O)[C@@H](OC(C)(C)C)c1c(C)nc2cc(-c3cccc(-c4ccc(F)cc4O)c3)nn2c1-c1ccc2c(c1)C(=O)CCO2. The summed E-state index contributed by atoms with van der Waals surface area (Å²) in [6.45, 7) is 7.64. The Bertz CT molecular complexity index is 1980. The van der Waals surface area contributed by atoms with Crippen LogP contribution in [0.15, 0.2) is 66.7 Å². The fourth-order valence-electron chi connectivity index (χ4n) is 5.56. The van der Waals surface area contributed by atoms with E-state index in [9.17, 15) is 19.1 Å². The van der Waals surface area contributed by atoms with E-state index in [1.54, 1.807) is 23.6 Å². The van der Waals surface area contributed by atoms with Crippen LogP contribution in [0, 0.1) is 12.7 Å². The average molecular weight is 610 g/mol. The zero-order valence-electron chi connectivity index (χ0n) is 25.6. The molecule has 0 fully saturated rings. The normalized spacial score (nSPS) is 13.8. The number of halogens is 1. The molecule has 0 radical (unpaired) electrons. The van der Waals surface area contributed by atoms with Crippen molar-refractivity contribution < 1.29 is 33.3 Å². The molecule has 1 aliphatic rings. The fraction of sp³-hybridized carbons (Fsp3) is 0.257. The van der Waals surface area contributed by atoms with E-state index in [2.05, 4.69) is 0 Å². The van der Waals surface area contributed by atoms with Gasteiger partial charge in [0.1, 0.15) is 17.3 Å². The highest BCUT2D eigenvalue weighted by Gasteiger charge is 2.34. The first-order chi connectivity index (χ1) is 21.4. The van der Waals surface area contributed by atoms with Crippen LogP contribution in [-0.2, 0) is 14.3 Å². The van der Waals surface area contributed by atoms with Gasteiger partial charge in [-0.2, -0.15) is 5.10 Å². The molecular weight excluding hydrogens is 577 g/mol. The van der Waals surface area contributed by atoms with Gasteiger partial charge in [-0.15, -0.1) is 0 Å². The zero-order valence-corrected chi connectivity index (χ0v) is 25.6. The molecule has 0 bridgehead atoms. The Morgan fingerprint density at radius 2 is 1.80 bits per heavy atom. The van der Waals surface area contributed by atoms with Crippen LogP contribution in [0.3, 0.4) is 0 Å². The van der Waals surface area contributed by atoms with Gasteiger partial charge in [-0.05, 0) is 69.7 Å². The molecule has 2 aromatic heterocycles. The van der Waals surface area contributed by atoms with E-state index in [0.717, 1.165) is 11.6 Å². The predicted molar refractivity (Wildman–Crippen MR) is 166 cm³/mol. The molecule has 230 valence electrons. The standard InChI is InChI=1S/C35H32FN3O6/c1-19-31(33(34(42)43-5)45-35(2,3)4)32(22-9-12-29-25(16-22)27(40)13-14-44-29)39-30(37-19)18-26(38-39)21-8-6-7-20(15-21)24-11-10-23(36)17-28(24)41/h6-12,15-18,33,41H,13-14H2,1-5H3/t33-/m0/s1. The molecule has 6 rings (SSSR count). The summed E-state index contributed by atoms with van der Waals surface area (Å²) < 4.78 is 32.5. The molecule has 45 heavy (non-hydrogen) atoms. The van der Waals surface area contributed by atoms with Gasteiger partial charge in [0.15, 0.2) is 17.5 Å². The number of carbonyl (C=O) groups is 2. The van der Waals surface area contributed by atoms with Crippen molar-refractivity contribution in [3.8, 4) is 45.1 Å². The number of methoxy groups -OCH3 is 1. The molecule has 10 heteroatoms. The number of hydrogen-bond acceptors (Lipinski definition) is 8. The van der Waals surface area contributed by atoms with Crippen LogP contribution in [0.25, 0.3) is 39.3 Å². The van der Waals surface area contributed by atoms with Gasteiger partial charge in [-0.25, -0.2) is 18.7 Å². The highest BCUT2D eigenvalue weighted by Crippen LogP contribution is 2.39. The van der Waals surface area contributed by atoms with Gasteiger partial charge in [0.2, 0.25) is 0 Å². The summed E-state index contributed by atoms with van der Waals surface area (Å²) in [4.78, 5) is 31.0. The fourth-order valence-corrected chi connectivity index (χ4v) is 5.56. The molecule has 0 amide bonds. The lowest BCUT2D eigenvalue weighted by atomic mass is 9.95. The van der Waals surface area contributed by atoms with E-state index in [1.165, 1.54) is 19.2 Å². The molecule has 1 atom stereocenters. The number of aryl methyl sites for hydroxylation is 1. The first-order valence-electron chi connectivity index (χ1n) is 14.5. The number of hydrogen-bond donors (Lipinski definition) is 1. The Labute approximate surface area is 259 Å². The maximum Gasteiger partial charge on any atom is 0.339 e. The van der Waals surface area contributed by atoms with Crippen molar-refractivity contribution >= 4 is 17.4 Å². The van der Waals surface area contributed by atoms with Gasteiger partial charge in [-0.1, -0.05) is 18.2 Å². The van der Waals surface area contributed by atoms with Crippen molar-refractivity contribution in [2.75, 3.05) is 13.7 Å². The summed E-state index contributed by atoms with van der Waals surface area (Å²) >= 11 is 0. The molecule has 0 unspecified atom stereocenters. The summed E-state index contributed by atoms with van der Waals surface area (Å²) in [5.41, 5.74) is 4.74. The second kappa shape index (κ2) is 11.4. The van der Waals surface area contributed by atoms with E-state index in [-0.39, 0.29) is 18.0 Å². The van der Waals surface area contributed by atoms with Crippen molar-refractivity contribution in [3.63, 3.8) is 0 Å². The van der Waals surface area contributed by atoms with Crippen LogP contribution in [0.4, 0.5) is 4.39 Å². The first-order valence-corrected chi connectivity index (χ1v) is 14.5. The summed E-state index contributed by atoms with van der Waals surface area (Å²) in [7, 11) is 1.30. The van der Waals surface area contributed by atoms with Crippen LogP contribution in [-0.4, -0.2) is 50.8 Å². The molecule has 0 spiro atoms. The summed E-state index contributed by atoms with van der Waals surface area (Å²) in [5.74, 6) is -0.860. The van der Waals surface area contributed by atoms with Crippen LogP contribution in [0.5, 0.6) is 11.5 Å². The van der Waals surface area contributed by atoms with Crippen LogP contribution < -0.4 is 4.74 Å². The molecule has 0 aliphatic carbocycles. The third-order valence-electron chi connectivity index (χ3n) is 7.55. The van der Waals surface area contributed by atoms with Crippen molar-refractivity contribution in [2.45, 2.75) is 45.8 Å². The van der Waals surface area contributed by atoms with Crippen molar-refractivity contribution in [3.05, 3.63) is 89.4 Å². The number of fused-ring (bicyclic) bond motifs is 2. The number of esters is 1. The van der Waals surface area contributed by atoms with E-state index in [0.29, 0.717) is 62.9 Å². The minimum Gasteiger partial charge on any atom is -0.507 e. The Hall–Kier alpha value is -5.09. The molecule has 9 nitrogen and oxygen atoms in total. The minimum absolute atomic E-state index is 0.0425. The Morgan fingerprint density at radius 1 is 1.02 bits per heavy atom. The van der Waals surface area contributed by atoms with Gasteiger partial charge in [0.25, 0.3) is 0 Å². The second-order valence-corrected chi connectivity index (χ2v) is 11.9. The molecule has 3 heterocycles. The number of aromatic nitrogens is 3. The van der Waals surface area contributed by atoms with Gasteiger partial charge in [0, 0.05) is 46.5 Å². The van der Waals surface area contributed by atoms with Gasteiger partial charge in [0.05, 0.1) is 36.3 Å². The third-order valence-corrected chi connectivity index (χ3v) is 7.55. The lowest BCUT2D eigenvalue weighted by molar-refractivity contribution is -0.164. The van der Waals surface area contributed by atoms with Crippen LogP contribution in [0.2, 0.25) is 0 Å². The summed E-state index contributed by atoms with van der Waals surface area (Å²) in [6.07, 6.45) is -0.889. The van der Waals surface area contributed by atoms with Crippen molar-refractivity contribution in [1.29, 1.82) is 0 Å². The van der Waals surface area contributed by atoms with Crippen molar-refractivity contribution in [2.24, 2.45) is 0 Å². The van der Waals surface area contributed by atoms with Gasteiger partial charge < -0.3 is 19.3 Å². The number of nitrogens with zero attached hydrogens (tertiary/aromatic N) is 3. The van der Waals surface area contributed by atoms with Crippen molar-refractivity contribution in [1.82, 2.24) is 14.6 Å². The summed E-state index contributed by atoms with van der Waals surface area (Å²) in [6, 6.07) is 18.4. The smallest absolute Gasteiger partial charge is 0.339 e. The molecule has 1 N–H and O–H groups in total. The molecule has 0 saturated carbocycles. The monoisotopic (exact) mass is 609 g/mol. The average Bonchev–Trinajstić information content (AvgIpc) is 3.42. The first kappa shape index (κ1) is 30.0. The lowest BCUT2D eigenvalue weighted by Gasteiger charge is -2.28. The number of ketones is 1. The molecule has 5 aromatic rings. The Kier molecular flexibility index (Phi) is 7.62. The van der Waals surface area contributed by atoms with E-state index < -0.39 is 23.5 Å². The van der Waals surface area contributed by atoms with Crippen LogP contribution >= 0.6 is 0 Å². The maximum absolute atomic E-state index is 13.7. The molecule has 1 aliphatic heterocycles. The maximum atomic E-state index is 13.7. The summed E-state index contributed by atoms with van der Waals surface area (Å²) in [5, 5.41) is 15.3. The number of ether oxygens (including phenoxy) is 3. The number of rotatable bonds is 6. The number of phenols is 1. The third kappa shape index (κ3) is 5.76. The van der Waals surface area contributed by atoms with Gasteiger partial charge >= 0.3 is 5.97 Å². The van der Waals surface area contributed by atoms with Crippen LogP contribution in [0.1, 0.15) is 54.9 Å². The number of aromatic hydroxyl groups is 1. The quantitative estimate of drug-likeness (QED) is 0.208. The topological polar surface area (TPSA) is 112 Å². The van der Waals surface area contributed by atoms with E-state index >= 15 is 0 Å². The highest BCUT2D eigenvalue weighted by molar-refractivity contribution is 6.01. The predicted octanol–water partition coefficient (Wildman–Crippen LogP) is 6.88. The number of Topliss-reactive ketones (excluding diaryl/α,β-unsaturated/α-hetero) is 1. The molecular formula is C35H32FN3O6. The second-order valence-electron chi connectivity index (χ2n) is 11.9. The Morgan fingerprint density at radius 3 is 2.53 bits per heavy atom. The zero-order chi connectivity index (χ0) is 32.0.